The van der Waals surface area contributed by atoms with Crippen molar-refractivity contribution in [2.45, 2.75) is 19.4 Å². The lowest BCUT2D eigenvalue weighted by Gasteiger charge is -2.15. The van der Waals surface area contributed by atoms with Gasteiger partial charge >= 0.3 is 5.97 Å². The molecule has 23 heavy (non-hydrogen) atoms. The fourth-order valence-electron chi connectivity index (χ4n) is 2.14. The third-order valence-electron chi connectivity index (χ3n) is 3.22. The second-order valence-electron chi connectivity index (χ2n) is 4.81. The van der Waals surface area contributed by atoms with E-state index in [4.69, 9.17) is 10.5 Å². The van der Waals surface area contributed by atoms with Crippen molar-refractivity contribution in [3.8, 4) is 0 Å². The van der Waals surface area contributed by atoms with E-state index in [1.807, 2.05) is 6.07 Å². The highest BCUT2D eigenvalue weighted by Crippen LogP contribution is 2.16. The van der Waals surface area contributed by atoms with Gasteiger partial charge in [-0.25, -0.2) is 0 Å². The van der Waals surface area contributed by atoms with Gasteiger partial charge in [-0.15, -0.1) is 0 Å². The molecular weight excluding hydrogens is 298 g/mol. The normalized spacial score (nSPS) is 11.7. The third-order valence-corrected chi connectivity index (χ3v) is 3.22. The van der Waals surface area contributed by atoms with Crippen molar-refractivity contribution in [2.24, 2.45) is 5.73 Å². The minimum atomic E-state index is -1.13. The number of benzene rings is 1. The predicted molar refractivity (Wildman–Crippen MR) is 83.4 cm³/mol. The zero-order chi connectivity index (χ0) is 16.8. The Morgan fingerprint density at radius 3 is 2.70 bits per heavy atom. The summed E-state index contributed by atoms with van der Waals surface area (Å²) in [4.78, 5) is 39.5. The number of nitrogens with zero attached hydrogens (tertiary/aromatic N) is 1. The molecule has 0 spiro atoms. The second-order valence-corrected chi connectivity index (χ2v) is 4.81. The summed E-state index contributed by atoms with van der Waals surface area (Å²) in [6.45, 7) is 1.84. The molecule has 0 bridgehead atoms. The van der Waals surface area contributed by atoms with Crippen LogP contribution in [0.25, 0.3) is 10.9 Å². The number of nitrogens with one attached hydrogen (secondary N) is 1. The molecule has 7 heteroatoms. The summed E-state index contributed by atoms with van der Waals surface area (Å²) in [5.74, 6) is -1.90. The number of fused-ring (bicyclic) bond motifs is 1. The fourth-order valence-corrected chi connectivity index (χ4v) is 2.14. The van der Waals surface area contributed by atoms with E-state index in [9.17, 15) is 14.4 Å². The topological polar surface area (TPSA) is 111 Å². The van der Waals surface area contributed by atoms with Crippen LogP contribution in [0.3, 0.4) is 0 Å². The number of ether oxygens (including phenoxy) is 1. The number of amides is 2. The quantitative estimate of drug-likeness (QED) is 0.765. The van der Waals surface area contributed by atoms with E-state index in [1.54, 1.807) is 31.2 Å². The van der Waals surface area contributed by atoms with E-state index in [1.165, 1.54) is 6.20 Å². The largest absolute Gasteiger partial charge is 0.466 e. The highest BCUT2D eigenvalue weighted by Gasteiger charge is 2.23. The van der Waals surface area contributed by atoms with Crippen molar-refractivity contribution < 1.29 is 19.1 Å². The maximum Gasteiger partial charge on any atom is 0.308 e. The number of para-hydroxylation sites is 1. The van der Waals surface area contributed by atoms with Crippen LogP contribution in [0.15, 0.2) is 36.5 Å². The third kappa shape index (κ3) is 4.03. The lowest BCUT2D eigenvalue weighted by molar-refractivity contribution is -0.145. The number of aromatic nitrogens is 1. The van der Waals surface area contributed by atoms with E-state index < -0.39 is 23.8 Å². The molecular formula is C16H17N3O4. The molecule has 1 aromatic carbocycles. The lowest BCUT2D eigenvalue weighted by atomic mass is 10.1. The van der Waals surface area contributed by atoms with Gasteiger partial charge in [0.25, 0.3) is 5.91 Å². The van der Waals surface area contributed by atoms with Crippen LogP contribution in [0.2, 0.25) is 0 Å². The molecule has 120 valence electrons. The minimum Gasteiger partial charge on any atom is -0.466 e. The molecule has 1 aromatic heterocycles. The monoisotopic (exact) mass is 315 g/mol. The Labute approximate surface area is 132 Å². The maximum atomic E-state index is 12.4. The standard InChI is InChI=1S/C16H17N3O4/c1-2-23-14(20)9-13(15(17)21)19-16(22)11-7-8-18-12-6-4-3-5-10(11)12/h3-8,13H,2,9H2,1H3,(H2,17,21)(H,19,22)/t13-/m0/s1. The van der Waals surface area contributed by atoms with Crippen molar-refractivity contribution in [3.63, 3.8) is 0 Å². The first-order valence-corrected chi connectivity index (χ1v) is 7.12. The van der Waals surface area contributed by atoms with E-state index in [0.29, 0.717) is 16.5 Å². The van der Waals surface area contributed by atoms with Crippen LogP contribution in [0.4, 0.5) is 0 Å². The van der Waals surface area contributed by atoms with Crippen molar-refractivity contribution in [1.82, 2.24) is 10.3 Å². The SMILES string of the molecule is CCOC(=O)C[C@H](NC(=O)c1ccnc2ccccc12)C(N)=O. The molecule has 0 unspecified atom stereocenters. The molecule has 1 heterocycles. The maximum absolute atomic E-state index is 12.4. The number of pyridine rings is 1. The Morgan fingerprint density at radius 1 is 1.26 bits per heavy atom. The number of hydrogen-bond acceptors (Lipinski definition) is 5. The van der Waals surface area contributed by atoms with E-state index in [0.717, 1.165) is 0 Å². The van der Waals surface area contributed by atoms with Crippen LogP contribution < -0.4 is 11.1 Å². The molecule has 2 amide bonds. The van der Waals surface area contributed by atoms with Gasteiger partial charge in [0.1, 0.15) is 6.04 Å². The fraction of sp³-hybridized carbons (Fsp3) is 0.250. The van der Waals surface area contributed by atoms with E-state index in [-0.39, 0.29) is 13.0 Å². The predicted octanol–water partition coefficient (Wildman–Crippen LogP) is 0.772. The van der Waals surface area contributed by atoms with Gasteiger partial charge in [0, 0.05) is 11.6 Å². The average molecular weight is 315 g/mol. The molecule has 0 aliphatic carbocycles. The van der Waals surface area contributed by atoms with Crippen molar-refractivity contribution in [1.29, 1.82) is 0 Å². The summed E-state index contributed by atoms with van der Waals surface area (Å²) in [7, 11) is 0. The van der Waals surface area contributed by atoms with E-state index in [2.05, 4.69) is 10.3 Å². The van der Waals surface area contributed by atoms with Gasteiger partial charge < -0.3 is 15.8 Å². The van der Waals surface area contributed by atoms with Crippen LogP contribution in [0.5, 0.6) is 0 Å². The molecule has 0 aliphatic rings. The van der Waals surface area contributed by atoms with Gasteiger partial charge in [0.2, 0.25) is 5.91 Å². The Bertz CT molecular complexity index is 740. The molecule has 0 saturated carbocycles. The summed E-state index contributed by atoms with van der Waals surface area (Å²) in [6, 6.07) is 7.53. The molecule has 2 rings (SSSR count). The number of primary amides is 1. The lowest BCUT2D eigenvalue weighted by Crippen LogP contribution is -2.46. The summed E-state index contributed by atoms with van der Waals surface area (Å²) < 4.78 is 4.77. The van der Waals surface area contributed by atoms with Crippen molar-refractivity contribution in [3.05, 3.63) is 42.1 Å². The summed E-state index contributed by atoms with van der Waals surface area (Å²) in [5.41, 5.74) is 6.25. The number of nitrogens with two attached hydrogens (primary N) is 1. The molecule has 2 aromatic rings. The summed E-state index contributed by atoms with van der Waals surface area (Å²) in [5, 5.41) is 3.12. The number of esters is 1. The number of carbonyl (C=O) groups is 3. The Hall–Kier alpha value is -2.96. The van der Waals surface area contributed by atoms with E-state index >= 15 is 0 Å². The smallest absolute Gasteiger partial charge is 0.308 e. The van der Waals surface area contributed by atoms with Crippen LogP contribution in [-0.2, 0) is 14.3 Å². The Kier molecular flexibility index (Phi) is 5.24. The Morgan fingerprint density at radius 2 is 2.00 bits per heavy atom. The van der Waals surface area contributed by atoms with Crippen LogP contribution in [-0.4, -0.2) is 35.4 Å². The van der Waals surface area contributed by atoms with Gasteiger partial charge in [0.15, 0.2) is 0 Å². The summed E-state index contributed by atoms with van der Waals surface area (Å²) >= 11 is 0. The van der Waals surface area contributed by atoms with Crippen LogP contribution in [0, 0.1) is 0 Å². The zero-order valence-corrected chi connectivity index (χ0v) is 12.6. The van der Waals surface area contributed by atoms with Crippen LogP contribution >= 0.6 is 0 Å². The zero-order valence-electron chi connectivity index (χ0n) is 12.6. The molecule has 0 radical (unpaired) electrons. The summed E-state index contributed by atoms with van der Waals surface area (Å²) in [6.07, 6.45) is 1.19. The highest BCUT2D eigenvalue weighted by molar-refractivity contribution is 6.07. The first kappa shape index (κ1) is 16.4. The highest BCUT2D eigenvalue weighted by atomic mass is 16.5. The van der Waals surface area contributed by atoms with Gasteiger partial charge in [-0.3, -0.25) is 19.4 Å². The average Bonchev–Trinajstić information content (AvgIpc) is 2.53. The second kappa shape index (κ2) is 7.35. The van der Waals surface area contributed by atoms with Crippen molar-refractivity contribution >= 4 is 28.7 Å². The first-order chi connectivity index (χ1) is 11.0. The first-order valence-electron chi connectivity index (χ1n) is 7.12. The van der Waals surface area contributed by atoms with Crippen molar-refractivity contribution in [2.75, 3.05) is 6.61 Å². The molecule has 0 fully saturated rings. The number of rotatable bonds is 6. The molecule has 3 N–H and O–H groups in total. The minimum absolute atomic E-state index is 0.188. The molecule has 1 atom stereocenters. The van der Waals surface area contributed by atoms with Gasteiger partial charge in [-0.2, -0.15) is 0 Å². The van der Waals surface area contributed by atoms with Gasteiger partial charge in [-0.1, -0.05) is 18.2 Å². The van der Waals surface area contributed by atoms with Crippen LogP contribution in [0.1, 0.15) is 23.7 Å². The molecule has 0 saturated heterocycles. The van der Waals surface area contributed by atoms with Gasteiger partial charge in [-0.05, 0) is 19.1 Å². The Balaban J connectivity index is 2.21. The van der Waals surface area contributed by atoms with Gasteiger partial charge in [0.05, 0.1) is 24.1 Å². The molecule has 0 aliphatic heterocycles. The number of carbonyl (C=O) groups excluding carboxylic acids is 3. The molecule has 7 nitrogen and oxygen atoms in total. The number of hydrogen-bond donors (Lipinski definition) is 2.